The number of hydrogen-bond donors (Lipinski definition) is 4. The molecule has 1 aromatic rings. The third-order valence-corrected chi connectivity index (χ3v) is 6.63. The van der Waals surface area contributed by atoms with Crippen LogP contribution in [-0.4, -0.2) is 117 Å². The number of nitrogens with zero attached hydrogens (tertiary/aromatic N) is 4. The van der Waals surface area contributed by atoms with Gasteiger partial charge in [0.25, 0.3) is 0 Å². The molecule has 0 radical (unpaired) electrons. The Hall–Kier alpha value is -3.18. The van der Waals surface area contributed by atoms with Crippen molar-refractivity contribution in [2.45, 2.75) is 77.7 Å². The lowest BCUT2D eigenvalue weighted by Crippen LogP contribution is -2.47. The highest BCUT2D eigenvalue weighted by Crippen LogP contribution is 2.18. The molecule has 1 atom stereocenters. The van der Waals surface area contributed by atoms with Crippen LogP contribution in [0.5, 0.6) is 0 Å². The highest BCUT2D eigenvalue weighted by molar-refractivity contribution is 8.03. The minimum Gasteiger partial charge on any atom is -0.481 e. The second-order valence-electron chi connectivity index (χ2n) is 9.35. The van der Waals surface area contributed by atoms with Crippen LogP contribution in [0, 0.1) is 10.7 Å². The number of aliphatic carboxylic acids is 4. The molecule has 1 rings (SSSR count). The van der Waals surface area contributed by atoms with Crippen molar-refractivity contribution in [1.82, 2.24) is 14.7 Å². The molecule has 13 heteroatoms. The summed E-state index contributed by atoms with van der Waals surface area (Å²) in [7, 11) is 0. The van der Waals surface area contributed by atoms with Gasteiger partial charge in [-0.05, 0) is 68.2 Å². The van der Waals surface area contributed by atoms with Crippen molar-refractivity contribution in [3.63, 3.8) is 0 Å². The molecular weight excluding hydrogens is 576 g/mol. The summed E-state index contributed by atoms with van der Waals surface area (Å²) in [4.78, 5) is 50.3. The number of nitriles is 1. The fourth-order valence-electron chi connectivity index (χ4n) is 4.04. The summed E-state index contributed by atoms with van der Waals surface area (Å²) in [6, 6.07) is 6.78. The first-order valence-electron chi connectivity index (χ1n) is 14.7. The third kappa shape index (κ3) is 22.1. The van der Waals surface area contributed by atoms with Gasteiger partial charge in [0.05, 0.1) is 13.1 Å². The van der Waals surface area contributed by atoms with Crippen molar-refractivity contribution < 1.29 is 39.6 Å². The van der Waals surface area contributed by atoms with Gasteiger partial charge in [-0.3, -0.25) is 33.9 Å². The van der Waals surface area contributed by atoms with Crippen LogP contribution in [0.3, 0.4) is 0 Å². The fourth-order valence-corrected chi connectivity index (χ4v) is 4.42. The molecule has 1 aromatic carbocycles. The minimum absolute atomic E-state index is 0.103. The first kappa shape index (κ1) is 42.0. The number of carboxylic acids is 4. The smallest absolute Gasteiger partial charge is 0.320 e. The molecule has 4 N–H and O–H groups in total. The summed E-state index contributed by atoms with van der Waals surface area (Å²) in [6.07, 6.45) is 2.74. The van der Waals surface area contributed by atoms with Crippen LogP contribution < -0.4 is 0 Å². The Balaban J connectivity index is 0. The average molecular weight is 627 g/mol. The molecule has 0 amide bonds. The van der Waals surface area contributed by atoms with E-state index in [1.54, 1.807) is 16.7 Å². The zero-order valence-electron chi connectivity index (χ0n) is 26.2. The van der Waals surface area contributed by atoms with Gasteiger partial charge in [-0.2, -0.15) is 5.26 Å². The van der Waals surface area contributed by atoms with Gasteiger partial charge >= 0.3 is 23.9 Å². The molecule has 0 saturated heterocycles. The van der Waals surface area contributed by atoms with Crippen LogP contribution in [-0.2, 0) is 25.6 Å². The zero-order valence-corrected chi connectivity index (χ0v) is 27.0. The lowest BCUT2D eigenvalue weighted by molar-refractivity contribution is -0.144. The lowest BCUT2D eigenvalue weighted by Gasteiger charge is -2.32. The normalized spacial score (nSPS) is 11.1. The molecule has 0 heterocycles. The molecule has 0 aliphatic rings. The molecule has 0 saturated carbocycles. The Labute approximate surface area is 260 Å². The van der Waals surface area contributed by atoms with Gasteiger partial charge in [0, 0.05) is 37.5 Å². The quantitative estimate of drug-likeness (QED) is 0.113. The molecule has 0 aliphatic carbocycles. The number of benzene rings is 1. The van der Waals surface area contributed by atoms with Crippen molar-refractivity contribution in [2.24, 2.45) is 0 Å². The monoisotopic (exact) mass is 626 g/mol. The van der Waals surface area contributed by atoms with E-state index in [0.717, 1.165) is 35.1 Å². The van der Waals surface area contributed by atoms with Gasteiger partial charge in [0.1, 0.15) is 11.4 Å². The maximum absolute atomic E-state index is 12.1. The Morgan fingerprint density at radius 2 is 1.23 bits per heavy atom. The van der Waals surface area contributed by atoms with Crippen LogP contribution >= 0.6 is 11.8 Å². The SMILES string of the molecule is CC.CCC(=O)O.CCCN(CCN(CCN(CCC)C(CCc1ccc(SC#N)cc1)C(=O)O)CC(=O)O)CC(=O)O. The van der Waals surface area contributed by atoms with E-state index in [1.807, 2.05) is 62.3 Å². The number of carbonyl (C=O) groups is 4. The van der Waals surface area contributed by atoms with E-state index in [0.29, 0.717) is 52.1 Å². The van der Waals surface area contributed by atoms with Gasteiger partial charge in [-0.15, -0.1) is 0 Å². The zero-order chi connectivity index (χ0) is 33.2. The summed E-state index contributed by atoms with van der Waals surface area (Å²) >= 11 is 1.07. The maximum Gasteiger partial charge on any atom is 0.320 e. The number of aryl methyl sites for hydroxylation is 1. The van der Waals surface area contributed by atoms with Gasteiger partial charge < -0.3 is 20.4 Å². The van der Waals surface area contributed by atoms with Crippen molar-refractivity contribution >= 4 is 35.6 Å². The predicted molar refractivity (Wildman–Crippen MR) is 167 cm³/mol. The number of thiocyanates is 1. The van der Waals surface area contributed by atoms with Crippen molar-refractivity contribution in [1.29, 1.82) is 5.26 Å². The van der Waals surface area contributed by atoms with Gasteiger partial charge in [0.15, 0.2) is 0 Å². The summed E-state index contributed by atoms with van der Waals surface area (Å²) in [5.74, 6) is -3.57. The average Bonchev–Trinajstić information content (AvgIpc) is 2.96. The van der Waals surface area contributed by atoms with Crippen molar-refractivity contribution in [2.75, 3.05) is 52.4 Å². The first-order valence-corrected chi connectivity index (χ1v) is 15.5. The molecule has 0 bridgehead atoms. The van der Waals surface area contributed by atoms with Crippen LogP contribution in [0.2, 0.25) is 0 Å². The van der Waals surface area contributed by atoms with Crippen molar-refractivity contribution in [3.8, 4) is 5.40 Å². The molecule has 12 nitrogen and oxygen atoms in total. The maximum atomic E-state index is 12.1. The Morgan fingerprint density at radius 1 is 0.767 bits per heavy atom. The Morgan fingerprint density at radius 3 is 1.63 bits per heavy atom. The van der Waals surface area contributed by atoms with E-state index in [-0.39, 0.29) is 19.5 Å². The highest BCUT2D eigenvalue weighted by Gasteiger charge is 2.25. The summed E-state index contributed by atoms with van der Waals surface area (Å²) in [5.41, 5.74) is 0.988. The molecule has 0 aromatic heterocycles. The molecule has 1 unspecified atom stereocenters. The number of rotatable bonds is 21. The van der Waals surface area contributed by atoms with Gasteiger partial charge in [-0.1, -0.05) is 46.8 Å². The first-order chi connectivity index (χ1) is 20.5. The summed E-state index contributed by atoms with van der Waals surface area (Å²) in [6.45, 7) is 12.0. The van der Waals surface area contributed by atoms with Gasteiger partial charge in [0.2, 0.25) is 0 Å². The standard InChI is InChI=1S/C25H38N4O6S.C3H6O2.C2H6/c1-3-11-27(17-23(30)31)13-14-28(18-24(32)33)15-16-29(12-4-2)22(25(34)35)10-7-20-5-8-21(9-6-20)36-19-26;1-2-3(4)5;1-2/h5-6,8-9,22H,3-4,7,10-18H2,1-2H3,(H,30,31)(H,32,33)(H,34,35);2H2,1H3,(H,4,5);1-2H3. The van der Waals surface area contributed by atoms with E-state index in [4.69, 9.17) is 15.5 Å². The highest BCUT2D eigenvalue weighted by atomic mass is 32.2. The third-order valence-electron chi connectivity index (χ3n) is 6.03. The van der Waals surface area contributed by atoms with E-state index in [1.165, 1.54) is 0 Å². The predicted octanol–water partition coefficient (Wildman–Crippen LogP) is 4.05. The topological polar surface area (TPSA) is 183 Å². The summed E-state index contributed by atoms with van der Waals surface area (Å²) < 4.78 is 0. The van der Waals surface area contributed by atoms with Crippen LogP contribution in [0.25, 0.3) is 0 Å². The van der Waals surface area contributed by atoms with Crippen molar-refractivity contribution in [3.05, 3.63) is 29.8 Å². The molecule has 244 valence electrons. The largest absolute Gasteiger partial charge is 0.481 e. The van der Waals surface area contributed by atoms with Crippen LogP contribution in [0.15, 0.2) is 29.2 Å². The molecular formula is C30H50N4O8S. The van der Waals surface area contributed by atoms with E-state index < -0.39 is 29.9 Å². The van der Waals surface area contributed by atoms with E-state index in [9.17, 15) is 29.4 Å². The Bertz CT molecular complexity index is 972. The van der Waals surface area contributed by atoms with E-state index in [2.05, 4.69) is 0 Å². The lowest BCUT2D eigenvalue weighted by atomic mass is 10.0. The van der Waals surface area contributed by atoms with E-state index >= 15 is 0 Å². The number of carboxylic acid groups (broad SMARTS) is 4. The number of hydrogen-bond acceptors (Lipinski definition) is 9. The molecule has 0 spiro atoms. The molecule has 43 heavy (non-hydrogen) atoms. The second-order valence-corrected chi connectivity index (χ2v) is 10.2. The second kappa shape index (κ2) is 26.4. The summed E-state index contributed by atoms with van der Waals surface area (Å²) in [5, 5.41) is 46.9. The molecule has 0 fully saturated rings. The Kier molecular flexibility index (Phi) is 25.8. The molecule has 0 aliphatic heterocycles. The number of thioether (sulfide) groups is 1. The fraction of sp³-hybridized carbons (Fsp3) is 0.633. The van der Waals surface area contributed by atoms with Gasteiger partial charge in [-0.25, -0.2) is 0 Å². The minimum atomic E-state index is -0.981. The van der Waals surface area contributed by atoms with Crippen LogP contribution in [0.1, 0.15) is 65.9 Å². The van der Waals surface area contributed by atoms with Crippen LogP contribution in [0.4, 0.5) is 0 Å².